The van der Waals surface area contributed by atoms with Crippen LogP contribution in [0.25, 0.3) is 5.65 Å². The standard InChI is InChI=1S/C15H19N3O2/c1-17-8-4-5-12(17)9-11-10-18-13(15(19)20-2)6-3-7-14(18)16-11/h3,6-7,10,12H,4-5,8-9H2,1-2H3. The molecule has 0 N–H and O–H groups in total. The van der Waals surface area contributed by atoms with E-state index in [4.69, 9.17) is 4.74 Å². The minimum absolute atomic E-state index is 0.336. The summed E-state index contributed by atoms with van der Waals surface area (Å²) in [5.41, 5.74) is 2.34. The lowest BCUT2D eigenvalue weighted by Gasteiger charge is -2.17. The topological polar surface area (TPSA) is 46.8 Å². The van der Waals surface area contributed by atoms with Gasteiger partial charge in [0.15, 0.2) is 0 Å². The number of methoxy groups -OCH3 is 1. The number of hydrogen-bond acceptors (Lipinski definition) is 4. The Morgan fingerprint density at radius 2 is 2.35 bits per heavy atom. The molecule has 1 atom stereocenters. The maximum Gasteiger partial charge on any atom is 0.355 e. The van der Waals surface area contributed by atoms with Gasteiger partial charge in [-0.1, -0.05) is 6.07 Å². The van der Waals surface area contributed by atoms with Crippen LogP contribution in [0.2, 0.25) is 0 Å². The number of likely N-dealkylation sites (tertiary alicyclic amines) is 1. The van der Waals surface area contributed by atoms with Crippen LogP contribution in [-0.2, 0) is 11.2 Å². The van der Waals surface area contributed by atoms with E-state index in [1.165, 1.54) is 20.0 Å². The van der Waals surface area contributed by atoms with Crippen LogP contribution in [0.5, 0.6) is 0 Å². The first-order valence-corrected chi connectivity index (χ1v) is 6.94. The number of carbonyl (C=O) groups excluding carboxylic acids is 1. The van der Waals surface area contributed by atoms with Crippen molar-refractivity contribution in [1.82, 2.24) is 14.3 Å². The highest BCUT2D eigenvalue weighted by molar-refractivity contribution is 5.88. The summed E-state index contributed by atoms with van der Waals surface area (Å²) in [5, 5.41) is 0. The molecule has 5 heteroatoms. The van der Waals surface area contributed by atoms with E-state index < -0.39 is 0 Å². The Hall–Kier alpha value is -1.88. The average Bonchev–Trinajstić information content (AvgIpc) is 3.04. The Morgan fingerprint density at radius 3 is 3.05 bits per heavy atom. The Labute approximate surface area is 118 Å². The summed E-state index contributed by atoms with van der Waals surface area (Å²) in [4.78, 5) is 18.8. The summed E-state index contributed by atoms with van der Waals surface area (Å²) in [6, 6.07) is 6.06. The zero-order valence-corrected chi connectivity index (χ0v) is 11.9. The number of ether oxygens (including phenoxy) is 1. The van der Waals surface area contributed by atoms with Gasteiger partial charge < -0.3 is 9.64 Å². The molecule has 0 bridgehead atoms. The summed E-state index contributed by atoms with van der Waals surface area (Å²) in [5.74, 6) is -0.336. The van der Waals surface area contributed by atoms with Crippen LogP contribution >= 0.6 is 0 Å². The molecule has 1 aliphatic heterocycles. The van der Waals surface area contributed by atoms with Crippen molar-refractivity contribution >= 4 is 11.6 Å². The number of pyridine rings is 1. The molecule has 0 radical (unpaired) electrons. The number of carbonyl (C=O) groups is 1. The van der Waals surface area contributed by atoms with Crippen LogP contribution in [0, 0.1) is 0 Å². The van der Waals surface area contributed by atoms with Crippen molar-refractivity contribution in [1.29, 1.82) is 0 Å². The van der Waals surface area contributed by atoms with E-state index in [1.54, 1.807) is 6.07 Å². The molecule has 3 heterocycles. The van der Waals surface area contributed by atoms with E-state index in [9.17, 15) is 4.79 Å². The second-order valence-corrected chi connectivity index (χ2v) is 5.34. The number of aromatic nitrogens is 2. The molecular formula is C15H19N3O2. The molecule has 0 aromatic carbocycles. The second kappa shape index (κ2) is 5.25. The molecule has 0 saturated carbocycles. The Bertz CT molecular complexity index is 635. The molecule has 1 unspecified atom stereocenters. The van der Waals surface area contributed by atoms with Gasteiger partial charge in [-0.2, -0.15) is 0 Å². The Balaban J connectivity index is 1.92. The highest BCUT2D eigenvalue weighted by Gasteiger charge is 2.22. The highest BCUT2D eigenvalue weighted by atomic mass is 16.5. The zero-order chi connectivity index (χ0) is 14.1. The van der Waals surface area contributed by atoms with Gasteiger partial charge in [-0.15, -0.1) is 0 Å². The number of rotatable bonds is 3. The monoisotopic (exact) mass is 273 g/mol. The van der Waals surface area contributed by atoms with Crippen molar-refractivity contribution in [3.63, 3.8) is 0 Å². The molecular weight excluding hydrogens is 254 g/mol. The molecule has 0 aliphatic carbocycles. The number of esters is 1. The molecule has 5 nitrogen and oxygen atoms in total. The number of likely N-dealkylation sites (N-methyl/N-ethyl adjacent to an activating group) is 1. The predicted octanol–water partition coefficient (Wildman–Crippen LogP) is 1.76. The van der Waals surface area contributed by atoms with Gasteiger partial charge in [0.25, 0.3) is 0 Å². The first-order chi connectivity index (χ1) is 9.69. The van der Waals surface area contributed by atoms with Crippen LogP contribution in [0.1, 0.15) is 29.0 Å². The quantitative estimate of drug-likeness (QED) is 0.799. The van der Waals surface area contributed by atoms with Gasteiger partial charge in [0.05, 0.1) is 12.8 Å². The second-order valence-electron chi connectivity index (χ2n) is 5.34. The summed E-state index contributed by atoms with van der Waals surface area (Å²) < 4.78 is 6.62. The molecule has 20 heavy (non-hydrogen) atoms. The summed E-state index contributed by atoms with van der Waals surface area (Å²) in [7, 11) is 3.56. The maximum absolute atomic E-state index is 11.8. The van der Waals surface area contributed by atoms with Crippen LogP contribution in [0.4, 0.5) is 0 Å². The van der Waals surface area contributed by atoms with Crippen molar-refractivity contribution in [3.05, 3.63) is 35.8 Å². The first-order valence-electron chi connectivity index (χ1n) is 6.94. The van der Waals surface area contributed by atoms with Crippen molar-refractivity contribution < 1.29 is 9.53 Å². The average molecular weight is 273 g/mol. The number of hydrogen-bond donors (Lipinski definition) is 0. The van der Waals surface area contributed by atoms with Gasteiger partial charge in [0.2, 0.25) is 0 Å². The summed E-state index contributed by atoms with van der Waals surface area (Å²) in [6.45, 7) is 1.16. The fraction of sp³-hybridized carbons (Fsp3) is 0.467. The molecule has 3 rings (SSSR count). The molecule has 106 valence electrons. The lowest BCUT2D eigenvalue weighted by Crippen LogP contribution is -2.26. The number of fused-ring (bicyclic) bond motifs is 1. The third-order valence-corrected chi connectivity index (χ3v) is 4.05. The number of imidazole rings is 1. The molecule has 1 saturated heterocycles. The molecule has 1 fully saturated rings. The van der Waals surface area contributed by atoms with Gasteiger partial charge >= 0.3 is 5.97 Å². The Kier molecular flexibility index (Phi) is 3.44. The van der Waals surface area contributed by atoms with E-state index in [0.29, 0.717) is 11.7 Å². The van der Waals surface area contributed by atoms with Crippen LogP contribution in [-0.4, -0.2) is 47.0 Å². The minimum Gasteiger partial charge on any atom is -0.464 e. The fourth-order valence-electron chi connectivity index (χ4n) is 2.91. The zero-order valence-electron chi connectivity index (χ0n) is 11.9. The largest absolute Gasteiger partial charge is 0.464 e. The van der Waals surface area contributed by atoms with Crippen molar-refractivity contribution in [3.8, 4) is 0 Å². The molecule has 1 aliphatic rings. The minimum atomic E-state index is -0.336. The molecule has 2 aromatic rings. The van der Waals surface area contributed by atoms with Crippen LogP contribution in [0.3, 0.4) is 0 Å². The SMILES string of the molecule is COC(=O)c1cccc2nc(CC3CCCN3C)cn12. The normalized spacial score (nSPS) is 19.6. The maximum atomic E-state index is 11.8. The summed E-state index contributed by atoms with van der Waals surface area (Å²) in [6.07, 6.45) is 5.35. The van der Waals surface area contributed by atoms with Crippen molar-refractivity contribution in [2.75, 3.05) is 20.7 Å². The lowest BCUT2D eigenvalue weighted by molar-refractivity contribution is 0.0592. The third kappa shape index (κ3) is 2.29. The van der Waals surface area contributed by atoms with E-state index in [2.05, 4.69) is 16.9 Å². The van der Waals surface area contributed by atoms with E-state index in [0.717, 1.165) is 24.3 Å². The first kappa shape index (κ1) is 13.1. The van der Waals surface area contributed by atoms with E-state index in [1.807, 2.05) is 22.7 Å². The molecule has 0 amide bonds. The van der Waals surface area contributed by atoms with Gasteiger partial charge in [-0.3, -0.25) is 4.40 Å². The molecule has 2 aromatic heterocycles. The summed E-state index contributed by atoms with van der Waals surface area (Å²) >= 11 is 0. The van der Waals surface area contributed by atoms with Crippen molar-refractivity contribution in [2.24, 2.45) is 0 Å². The van der Waals surface area contributed by atoms with Crippen LogP contribution < -0.4 is 0 Å². The van der Waals surface area contributed by atoms with Crippen molar-refractivity contribution in [2.45, 2.75) is 25.3 Å². The van der Waals surface area contributed by atoms with E-state index in [-0.39, 0.29) is 5.97 Å². The van der Waals surface area contributed by atoms with E-state index >= 15 is 0 Å². The van der Waals surface area contributed by atoms with Gasteiger partial charge in [-0.05, 0) is 38.6 Å². The van der Waals surface area contributed by atoms with Crippen LogP contribution in [0.15, 0.2) is 24.4 Å². The smallest absolute Gasteiger partial charge is 0.355 e. The molecule has 0 spiro atoms. The predicted molar refractivity (Wildman–Crippen MR) is 75.9 cm³/mol. The highest BCUT2D eigenvalue weighted by Crippen LogP contribution is 2.19. The van der Waals surface area contributed by atoms with Gasteiger partial charge in [-0.25, -0.2) is 9.78 Å². The fourth-order valence-corrected chi connectivity index (χ4v) is 2.91. The Morgan fingerprint density at radius 1 is 1.50 bits per heavy atom. The number of nitrogens with zero attached hydrogens (tertiary/aromatic N) is 3. The third-order valence-electron chi connectivity index (χ3n) is 4.05. The van der Waals surface area contributed by atoms with Gasteiger partial charge in [0, 0.05) is 18.7 Å². The lowest BCUT2D eigenvalue weighted by atomic mass is 10.1. The van der Waals surface area contributed by atoms with Gasteiger partial charge in [0.1, 0.15) is 11.3 Å².